The molecule has 6 nitrogen and oxygen atoms in total. The van der Waals surface area contributed by atoms with Crippen molar-refractivity contribution in [2.24, 2.45) is 5.73 Å². The fourth-order valence-electron chi connectivity index (χ4n) is 2.78. The van der Waals surface area contributed by atoms with Crippen LogP contribution < -0.4 is 11.1 Å². The van der Waals surface area contributed by atoms with Crippen molar-refractivity contribution in [3.05, 3.63) is 17.5 Å². The highest BCUT2D eigenvalue weighted by atomic mass is 16.3. The van der Waals surface area contributed by atoms with E-state index in [0.29, 0.717) is 13.0 Å². The number of carbonyl (C=O) groups excluding carboxylic acids is 1. The molecule has 0 aromatic carbocycles. The molecule has 0 fully saturated rings. The molecule has 2 atom stereocenters. The highest BCUT2D eigenvalue weighted by Gasteiger charge is 2.26. The van der Waals surface area contributed by atoms with Gasteiger partial charge in [0.15, 0.2) is 0 Å². The summed E-state index contributed by atoms with van der Waals surface area (Å²) in [4.78, 5) is 12.0. The third kappa shape index (κ3) is 3.19. The second kappa shape index (κ2) is 6.85. The monoisotopic (exact) mass is 280 g/mol. The SMILES string of the molecule is CCC[C@@H](N)C(=O)NC1CCCc2c1cnn2CCO. The standard InChI is InChI=1S/C14H24N4O2/c1-2-4-11(15)14(20)17-12-5-3-6-13-10(12)9-16-18(13)7-8-19/h9,11-12,19H,2-8,15H2,1H3,(H,17,20)/t11-,12?/m1/s1. The van der Waals surface area contributed by atoms with E-state index in [2.05, 4.69) is 10.4 Å². The molecule has 0 saturated carbocycles. The number of nitrogens with two attached hydrogens (primary N) is 1. The predicted molar refractivity (Wildman–Crippen MR) is 76.0 cm³/mol. The molecule has 4 N–H and O–H groups in total. The number of aliphatic hydroxyl groups excluding tert-OH is 1. The molecule has 112 valence electrons. The Morgan fingerprint density at radius 2 is 2.50 bits per heavy atom. The summed E-state index contributed by atoms with van der Waals surface area (Å²) in [6.07, 6.45) is 6.29. The summed E-state index contributed by atoms with van der Waals surface area (Å²) in [5.74, 6) is -0.0837. The number of amides is 1. The third-order valence-electron chi connectivity index (χ3n) is 3.83. The van der Waals surface area contributed by atoms with Crippen molar-refractivity contribution in [3.63, 3.8) is 0 Å². The highest BCUT2D eigenvalue weighted by molar-refractivity contribution is 5.81. The van der Waals surface area contributed by atoms with E-state index in [1.54, 1.807) is 6.20 Å². The number of nitrogens with one attached hydrogen (secondary N) is 1. The Morgan fingerprint density at radius 3 is 3.20 bits per heavy atom. The van der Waals surface area contributed by atoms with Crippen molar-refractivity contribution in [3.8, 4) is 0 Å². The van der Waals surface area contributed by atoms with Gasteiger partial charge in [0, 0.05) is 11.3 Å². The van der Waals surface area contributed by atoms with Gasteiger partial charge in [-0.05, 0) is 25.7 Å². The zero-order valence-electron chi connectivity index (χ0n) is 12.0. The van der Waals surface area contributed by atoms with Gasteiger partial charge in [-0.25, -0.2) is 0 Å². The maximum absolute atomic E-state index is 12.0. The first-order chi connectivity index (χ1) is 9.67. The molecule has 0 aliphatic heterocycles. The van der Waals surface area contributed by atoms with Crippen LogP contribution in [0.1, 0.15) is 49.9 Å². The quantitative estimate of drug-likeness (QED) is 0.707. The van der Waals surface area contributed by atoms with Crippen LogP contribution in [0, 0.1) is 0 Å². The molecule has 20 heavy (non-hydrogen) atoms. The number of fused-ring (bicyclic) bond motifs is 1. The molecule has 0 saturated heterocycles. The van der Waals surface area contributed by atoms with E-state index in [9.17, 15) is 4.79 Å². The summed E-state index contributed by atoms with van der Waals surface area (Å²) in [6, 6.07) is -0.431. The first-order valence-corrected chi connectivity index (χ1v) is 7.38. The second-order valence-electron chi connectivity index (χ2n) is 5.34. The van der Waals surface area contributed by atoms with E-state index in [4.69, 9.17) is 10.8 Å². The maximum Gasteiger partial charge on any atom is 0.237 e. The van der Waals surface area contributed by atoms with E-state index in [1.807, 2.05) is 11.6 Å². The second-order valence-corrected chi connectivity index (χ2v) is 5.34. The minimum atomic E-state index is -0.433. The van der Waals surface area contributed by atoms with Crippen LogP contribution in [0.3, 0.4) is 0 Å². The third-order valence-corrected chi connectivity index (χ3v) is 3.83. The van der Waals surface area contributed by atoms with Crippen LogP contribution in [0.4, 0.5) is 0 Å². The lowest BCUT2D eigenvalue weighted by atomic mass is 9.92. The normalized spacial score (nSPS) is 19.4. The summed E-state index contributed by atoms with van der Waals surface area (Å²) >= 11 is 0. The zero-order chi connectivity index (χ0) is 14.5. The zero-order valence-corrected chi connectivity index (χ0v) is 12.0. The van der Waals surface area contributed by atoms with Crippen LogP contribution in [0.2, 0.25) is 0 Å². The summed E-state index contributed by atoms with van der Waals surface area (Å²) in [5, 5.41) is 16.4. The molecular formula is C14H24N4O2. The highest BCUT2D eigenvalue weighted by Crippen LogP contribution is 2.29. The topological polar surface area (TPSA) is 93.2 Å². The van der Waals surface area contributed by atoms with Crippen LogP contribution in [-0.2, 0) is 17.8 Å². The molecule has 1 aromatic rings. The number of aromatic nitrogens is 2. The minimum absolute atomic E-state index is 0.00148. The smallest absolute Gasteiger partial charge is 0.237 e. The van der Waals surface area contributed by atoms with Gasteiger partial charge in [-0.1, -0.05) is 13.3 Å². The van der Waals surface area contributed by atoms with Gasteiger partial charge < -0.3 is 16.2 Å². The molecule has 1 aliphatic carbocycles. The predicted octanol–water partition coefficient (Wildman–Crippen LogP) is 0.496. The number of rotatable bonds is 6. The van der Waals surface area contributed by atoms with Crippen molar-refractivity contribution in [1.82, 2.24) is 15.1 Å². The van der Waals surface area contributed by atoms with Crippen molar-refractivity contribution >= 4 is 5.91 Å². The minimum Gasteiger partial charge on any atom is -0.394 e. The van der Waals surface area contributed by atoms with E-state index < -0.39 is 6.04 Å². The maximum atomic E-state index is 12.0. The van der Waals surface area contributed by atoms with Gasteiger partial charge in [-0.2, -0.15) is 5.10 Å². The Labute approximate surface area is 119 Å². The lowest BCUT2D eigenvalue weighted by molar-refractivity contribution is -0.123. The Morgan fingerprint density at radius 1 is 1.70 bits per heavy atom. The van der Waals surface area contributed by atoms with E-state index in [1.165, 1.54) is 0 Å². The summed E-state index contributed by atoms with van der Waals surface area (Å²) in [6.45, 7) is 2.60. The molecule has 6 heteroatoms. The molecule has 1 unspecified atom stereocenters. The molecule has 0 bridgehead atoms. The molecule has 1 aromatic heterocycles. The lowest BCUT2D eigenvalue weighted by Crippen LogP contribution is -2.42. The average molecular weight is 280 g/mol. The number of nitrogens with zero attached hydrogens (tertiary/aromatic N) is 2. The van der Waals surface area contributed by atoms with Gasteiger partial charge in [0.1, 0.15) is 0 Å². The van der Waals surface area contributed by atoms with E-state index in [0.717, 1.165) is 36.9 Å². The van der Waals surface area contributed by atoms with Gasteiger partial charge >= 0.3 is 0 Å². The van der Waals surface area contributed by atoms with E-state index in [-0.39, 0.29) is 18.6 Å². The molecule has 2 rings (SSSR count). The van der Waals surface area contributed by atoms with Crippen LogP contribution in [-0.4, -0.2) is 33.4 Å². The van der Waals surface area contributed by atoms with E-state index >= 15 is 0 Å². The van der Waals surface area contributed by atoms with Crippen LogP contribution in [0.25, 0.3) is 0 Å². The van der Waals surface area contributed by atoms with Gasteiger partial charge in [0.25, 0.3) is 0 Å². The van der Waals surface area contributed by atoms with Gasteiger partial charge in [-0.15, -0.1) is 0 Å². The number of hydrogen-bond acceptors (Lipinski definition) is 4. The Bertz CT molecular complexity index is 458. The van der Waals surface area contributed by atoms with Crippen molar-refractivity contribution < 1.29 is 9.90 Å². The lowest BCUT2D eigenvalue weighted by Gasteiger charge is -2.25. The van der Waals surface area contributed by atoms with Crippen molar-refractivity contribution in [2.45, 2.75) is 57.7 Å². The Kier molecular flexibility index (Phi) is 5.14. The number of hydrogen-bond donors (Lipinski definition) is 3. The first-order valence-electron chi connectivity index (χ1n) is 7.38. The van der Waals surface area contributed by atoms with Crippen LogP contribution in [0.5, 0.6) is 0 Å². The number of carbonyl (C=O) groups is 1. The molecule has 1 amide bonds. The average Bonchev–Trinajstić information content (AvgIpc) is 2.84. The molecule has 1 aliphatic rings. The summed E-state index contributed by atoms with van der Waals surface area (Å²) in [5.41, 5.74) is 8.05. The number of aliphatic hydroxyl groups is 1. The van der Waals surface area contributed by atoms with Gasteiger partial charge in [0.05, 0.1) is 31.4 Å². The molecular weight excluding hydrogens is 256 g/mol. The Hall–Kier alpha value is -1.40. The molecule has 1 heterocycles. The van der Waals surface area contributed by atoms with Gasteiger partial charge in [-0.3, -0.25) is 9.48 Å². The fourth-order valence-corrected chi connectivity index (χ4v) is 2.78. The first kappa shape index (κ1) is 15.0. The van der Waals surface area contributed by atoms with Crippen LogP contribution >= 0.6 is 0 Å². The largest absolute Gasteiger partial charge is 0.394 e. The van der Waals surface area contributed by atoms with Crippen LogP contribution in [0.15, 0.2) is 6.20 Å². The van der Waals surface area contributed by atoms with Gasteiger partial charge in [0.2, 0.25) is 5.91 Å². The summed E-state index contributed by atoms with van der Waals surface area (Å²) < 4.78 is 1.83. The van der Waals surface area contributed by atoms with Crippen molar-refractivity contribution in [2.75, 3.05) is 6.61 Å². The summed E-state index contributed by atoms with van der Waals surface area (Å²) in [7, 11) is 0. The fraction of sp³-hybridized carbons (Fsp3) is 0.714. The molecule has 0 spiro atoms. The molecule has 0 radical (unpaired) electrons. The Balaban J connectivity index is 2.07. The van der Waals surface area contributed by atoms with Crippen molar-refractivity contribution in [1.29, 1.82) is 0 Å².